The first kappa shape index (κ1) is 16.8. The lowest BCUT2D eigenvalue weighted by Crippen LogP contribution is -2.06. The molecular formula is C22H19N5. The van der Waals surface area contributed by atoms with E-state index in [4.69, 9.17) is 6.57 Å². The number of rotatable bonds is 6. The largest absolute Gasteiger partial charge is 0.336 e. The molecule has 27 heavy (non-hydrogen) atoms. The van der Waals surface area contributed by atoms with Gasteiger partial charge >= 0.3 is 0 Å². The Morgan fingerprint density at radius 2 is 1.78 bits per heavy atom. The number of hydrogen-bond donors (Lipinski definition) is 0. The molecule has 0 aliphatic heterocycles. The first-order valence-electron chi connectivity index (χ1n) is 8.84. The van der Waals surface area contributed by atoms with Gasteiger partial charge in [0.2, 0.25) is 0 Å². The van der Waals surface area contributed by atoms with Gasteiger partial charge in [-0.3, -0.25) is 0 Å². The van der Waals surface area contributed by atoms with E-state index in [9.17, 15) is 0 Å². The van der Waals surface area contributed by atoms with Crippen molar-refractivity contribution in [1.82, 2.24) is 19.1 Å². The van der Waals surface area contributed by atoms with Crippen LogP contribution in [0.3, 0.4) is 0 Å². The predicted molar refractivity (Wildman–Crippen MR) is 105 cm³/mol. The topological polar surface area (TPSA) is 40.0 Å². The molecule has 0 aliphatic carbocycles. The van der Waals surface area contributed by atoms with Crippen molar-refractivity contribution in [3.05, 3.63) is 102 Å². The molecule has 2 aromatic carbocycles. The van der Waals surface area contributed by atoms with Gasteiger partial charge in [-0.15, -0.1) is 0 Å². The van der Waals surface area contributed by atoms with Gasteiger partial charge in [-0.25, -0.2) is 14.8 Å². The Bertz CT molecular complexity index is 1050. The van der Waals surface area contributed by atoms with E-state index in [1.165, 1.54) is 5.69 Å². The summed E-state index contributed by atoms with van der Waals surface area (Å²) in [7, 11) is 0. The summed E-state index contributed by atoms with van der Waals surface area (Å²) in [5, 5.41) is 0. The third-order valence-electron chi connectivity index (χ3n) is 4.55. The molecule has 0 saturated heterocycles. The molecule has 0 aliphatic rings. The molecule has 5 nitrogen and oxygen atoms in total. The fourth-order valence-electron chi connectivity index (χ4n) is 3.06. The molecule has 132 valence electrons. The first-order valence-corrected chi connectivity index (χ1v) is 8.84. The van der Waals surface area contributed by atoms with Gasteiger partial charge < -0.3 is 9.13 Å². The molecule has 0 atom stereocenters. The molecule has 0 spiro atoms. The summed E-state index contributed by atoms with van der Waals surface area (Å²) >= 11 is 0. The van der Waals surface area contributed by atoms with Crippen LogP contribution in [0, 0.1) is 6.57 Å². The van der Waals surface area contributed by atoms with Gasteiger partial charge in [-0.1, -0.05) is 54.6 Å². The van der Waals surface area contributed by atoms with Gasteiger partial charge in [0.05, 0.1) is 24.9 Å². The van der Waals surface area contributed by atoms with E-state index in [0.717, 1.165) is 36.3 Å². The van der Waals surface area contributed by atoms with Gasteiger partial charge in [0.15, 0.2) is 5.69 Å². The van der Waals surface area contributed by atoms with E-state index in [0.29, 0.717) is 5.69 Å². The lowest BCUT2D eigenvalue weighted by atomic mass is 10.2. The summed E-state index contributed by atoms with van der Waals surface area (Å²) < 4.78 is 4.27. The molecule has 4 rings (SSSR count). The molecule has 0 bridgehead atoms. The van der Waals surface area contributed by atoms with E-state index in [2.05, 4.69) is 42.3 Å². The fraction of sp³-hybridized carbons (Fsp3) is 0.136. The zero-order chi connectivity index (χ0) is 18.5. The molecule has 4 aromatic rings. The molecule has 2 heterocycles. The highest BCUT2D eigenvalue weighted by Gasteiger charge is 2.06. The average molecular weight is 353 g/mol. The quantitative estimate of drug-likeness (QED) is 0.476. The molecule has 0 fully saturated rings. The maximum atomic E-state index is 7.04. The number of aryl methyl sites for hydroxylation is 2. The van der Waals surface area contributed by atoms with Crippen LogP contribution in [0.1, 0.15) is 11.3 Å². The van der Waals surface area contributed by atoms with E-state index < -0.39 is 0 Å². The van der Waals surface area contributed by atoms with Gasteiger partial charge in [-0.2, -0.15) is 0 Å². The molecule has 0 saturated carbocycles. The van der Waals surface area contributed by atoms with E-state index in [1.54, 1.807) is 0 Å². The predicted octanol–water partition coefficient (Wildman–Crippen LogP) is 4.59. The third-order valence-corrected chi connectivity index (χ3v) is 4.55. The molecule has 0 radical (unpaired) electrons. The Balaban J connectivity index is 1.42. The smallest absolute Gasteiger partial charge is 0.187 e. The van der Waals surface area contributed by atoms with Gasteiger partial charge in [0, 0.05) is 43.2 Å². The second-order valence-corrected chi connectivity index (χ2v) is 6.40. The minimum atomic E-state index is 0.666. The zero-order valence-electron chi connectivity index (χ0n) is 14.9. The number of hydrogen-bond acceptors (Lipinski definition) is 2. The maximum absolute atomic E-state index is 7.04. The van der Waals surface area contributed by atoms with Crippen molar-refractivity contribution in [3.63, 3.8) is 0 Å². The standard InChI is InChI=1S/C22H19N5/c1-23-20-9-7-18(8-10-20)14-27-16-24-13-21(27)11-12-26-15-22(25-17-26)19-5-3-2-4-6-19/h2-10,13,15-17H,11-12,14H2. The molecular weight excluding hydrogens is 334 g/mol. The number of benzene rings is 2. The van der Waals surface area contributed by atoms with Crippen LogP contribution in [0.2, 0.25) is 0 Å². The lowest BCUT2D eigenvalue weighted by molar-refractivity contribution is 0.648. The lowest BCUT2D eigenvalue weighted by Gasteiger charge is -2.09. The van der Waals surface area contributed by atoms with Crippen molar-refractivity contribution in [2.45, 2.75) is 19.5 Å². The third kappa shape index (κ3) is 3.96. The molecule has 2 aromatic heterocycles. The fourth-order valence-corrected chi connectivity index (χ4v) is 3.06. The van der Waals surface area contributed by atoms with E-state index >= 15 is 0 Å². The van der Waals surface area contributed by atoms with Crippen molar-refractivity contribution in [1.29, 1.82) is 0 Å². The second-order valence-electron chi connectivity index (χ2n) is 6.40. The van der Waals surface area contributed by atoms with Crippen LogP contribution in [0.5, 0.6) is 0 Å². The summed E-state index contributed by atoms with van der Waals surface area (Å²) in [6.45, 7) is 8.65. The maximum Gasteiger partial charge on any atom is 0.187 e. The van der Waals surface area contributed by atoms with Crippen molar-refractivity contribution in [2.24, 2.45) is 0 Å². The Labute approximate surface area is 158 Å². The molecule has 5 heteroatoms. The van der Waals surface area contributed by atoms with Crippen LogP contribution in [0.25, 0.3) is 16.1 Å². The second kappa shape index (κ2) is 7.71. The van der Waals surface area contributed by atoms with Crippen LogP contribution in [-0.2, 0) is 19.5 Å². The van der Waals surface area contributed by atoms with Crippen LogP contribution in [0.4, 0.5) is 5.69 Å². The number of imidazole rings is 2. The van der Waals surface area contributed by atoms with Crippen molar-refractivity contribution < 1.29 is 0 Å². The normalized spacial score (nSPS) is 10.6. The Hall–Kier alpha value is -3.65. The summed E-state index contributed by atoms with van der Waals surface area (Å²) in [5.74, 6) is 0. The van der Waals surface area contributed by atoms with E-state index in [1.807, 2.05) is 61.3 Å². The van der Waals surface area contributed by atoms with E-state index in [-0.39, 0.29) is 0 Å². The highest BCUT2D eigenvalue weighted by molar-refractivity contribution is 5.57. The summed E-state index contributed by atoms with van der Waals surface area (Å²) in [4.78, 5) is 12.3. The van der Waals surface area contributed by atoms with Crippen LogP contribution in [0.15, 0.2) is 79.6 Å². The molecule has 0 N–H and O–H groups in total. The van der Waals surface area contributed by atoms with Crippen molar-refractivity contribution in [3.8, 4) is 11.3 Å². The van der Waals surface area contributed by atoms with Crippen molar-refractivity contribution in [2.75, 3.05) is 0 Å². The number of aromatic nitrogens is 4. The Morgan fingerprint density at radius 1 is 0.963 bits per heavy atom. The number of nitrogens with zero attached hydrogens (tertiary/aromatic N) is 5. The zero-order valence-corrected chi connectivity index (χ0v) is 14.9. The van der Waals surface area contributed by atoms with Gasteiger partial charge in [0.25, 0.3) is 0 Å². The average Bonchev–Trinajstić information content (AvgIpc) is 3.37. The summed E-state index contributed by atoms with van der Waals surface area (Å²) in [6.07, 6.45) is 8.62. The minimum absolute atomic E-state index is 0.666. The highest BCUT2D eigenvalue weighted by Crippen LogP contribution is 2.17. The molecule has 0 unspecified atom stereocenters. The Morgan fingerprint density at radius 3 is 2.56 bits per heavy atom. The SMILES string of the molecule is [C-]#[N+]c1ccc(Cn2cncc2CCn2cnc(-c3ccccc3)c2)cc1. The van der Waals surface area contributed by atoms with Crippen LogP contribution in [-0.4, -0.2) is 19.1 Å². The molecule has 0 amide bonds. The van der Waals surface area contributed by atoms with Crippen molar-refractivity contribution >= 4 is 5.69 Å². The minimum Gasteiger partial charge on any atom is -0.336 e. The highest BCUT2D eigenvalue weighted by atomic mass is 15.1. The summed E-state index contributed by atoms with van der Waals surface area (Å²) in [5.41, 5.74) is 5.13. The Kier molecular flexibility index (Phi) is 4.80. The van der Waals surface area contributed by atoms with Crippen LogP contribution >= 0.6 is 0 Å². The van der Waals surface area contributed by atoms with Gasteiger partial charge in [0.1, 0.15) is 0 Å². The van der Waals surface area contributed by atoms with Crippen LogP contribution < -0.4 is 0 Å². The monoisotopic (exact) mass is 353 g/mol. The first-order chi connectivity index (χ1) is 13.3. The summed E-state index contributed by atoms with van der Waals surface area (Å²) in [6, 6.07) is 17.9. The van der Waals surface area contributed by atoms with Gasteiger partial charge in [-0.05, 0) is 5.56 Å².